The van der Waals surface area contributed by atoms with E-state index in [9.17, 15) is 18.0 Å². The van der Waals surface area contributed by atoms with Crippen LogP contribution in [0.4, 0.5) is 4.79 Å². The Balaban J connectivity index is 1.46. The number of carbonyl (C=O) groups is 2. The van der Waals surface area contributed by atoms with Crippen LogP contribution < -0.4 is 0 Å². The summed E-state index contributed by atoms with van der Waals surface area (Å²) in [7, 11) is -3.57. The first-order chi connectivity index (χ1) is 13.4. The molecule has 28 heavy (non-hydrogen) atoms. The molecular weight excluding hydrogens is 384 g/mol. The SMILES string of the molecule is CCOC(=O)N1CCN(S(=O)(=O)N2CCN(C(=O)CC3CCCC3)CC2)CC1. The highest BCUT2D eigenvalue weighted by atomic mass is 32.2. The summed E-state index contributed by atoms with van der Waals surface area (Å²) >= 11 is 0. The summed E-state index contributed by atoms with van der Waals surface area (Å²) in [6, 6.07) is 0. The summed E-state index contributed by atoms with van der Waals surface area (Å²) < 4.78 is 33.7. The molecule has 2 saturated heterocycles. The summed E-state index contributed by atoms with van der Waals surface area (Å²) in [6.45, 7) is 4.81. The van der Waals surface area contributed by atoms with Gasteiger partial charge in [-0.2, -0.15) is 17.0 Å². The van der Waals surface area contributed by atoms with Crippen molar-refractivity contribution >= 4 is 22.2 Å². The van der Waals surface area contributed by atoms with E-state index in [1.807, 2.05) is 4.90 Å². The predicted molar refractivity (Wildman–Crippen MR) is 104 cm³/mol. The van der Waals surface area contributed by atoms with Gasteiger partial charge in [0.2, 0.25) is 5.91 Å². The van der Waals surface area contributed by atoms with Crippen LogP contribution in [0.1, 0.15) is 39.0 Å². The van der Waals surface area contributed by atoms with Crippen molar-refractivity contribution in [1.82, 2.24) is 18.4 Å². The third-order valence-corrected chi connectivity index (χ3v) is 7.98. The van der Waals surface area contributed by atoms with Crippen LogP contribution >= 0.6 is 0 Å². The second-order valence-corrected chi connectivity index (χ2v) is 9.66. The van der Waals surface area contributed by atoms with E-state index in [0.29, 0.717) is 58.2 Å². The van der Waals surface area contributed by atoms with Crippen LogP contribution in [-0.4, -0.2) is 97.8 Å². The number of amides is 2. The lowest BCUT2D eigenvalue weighted by Gasteiger charge is -2.39. The van der Waals surface area contributed by atoms with Gasteiger partial charge in [-0.15, -0.1) is 0 Å². The number of rotatable bonds is 5. The zero-order chi connectivity index (χ0) is 20.1. The van der Waals surface area contributed by atoms with Crippen molar-refractivity contribution in [2.75, 3.05) is 59.0 Å². The van der Waals surface area contributed by atoms with Gasteiger partial charge >= 0.3 is 6.09 Å². The summed E-state index contributed by atoms with van der Waals surface area (Å²) in [5.41, 5.74) is 0. The molecule has 0 aromatic heterocycles. The molecule has 160 valence electrons. The van der Waals surface area contributed by atoms with Crippen LogP contribution in [0, 0.1) is 5.92 Å². The first-order valence-corrected chi connectivity index (χ1v) is 11.8. The van der Waals surface area contributed by atoms with Crippen molar-refractivity contribution in [2.45, 2.75) is 39.0 Å². The molecule has 0 aromatic carbocycles. The normalized spacial score (nSPS) is 23.2. The molecule has 2 aliphatic heterocycles. The number of ether oxygens (including phenoxy) is 1. The summed E-state index contributed by atoms with van der Waals surface area (Å²) in [5.74, 6) is 0.664. The molecule has 2 amide bonds. The van der Waals surface area contributed by atoms with Crippen molar-refractivity contribution in [3.8, 4) is 0 Å². The van der Waals surface area contributed by atoms with Crippen molar-refractivity contribution in [2.24, 2.45) is 5.92 Å². The van der Waals surface area contributed by atoms with Crippen molar-refractivity contribution in [3.63, 3.8) is 0 Å². The van der Waals surface area contributed by atoms with Crippen LogP contribution in [0.15, 0.2) is 0 Å². The monoisotopic (exact) mass is 416 g/mol. The molecule has 0 spiro atoms. The summed E-state index contributed by atoms with van der Waals surface area (Å²) in [6.07, 6.45) is 4.91. The van der Waals surface area contributed by atoms with Gasteiger partial charge in [0.25, 0.3) is 10.2 Å². The second-order valence-electron chi connectivity index (χ2n) is 7.73. The standard InChI is InChI=1S/C18H32N4O5S/c1-2-27-18(24)20-9-13-22(14-10-20)28(25,26)21-11-7-19(8-12-21)17(23)15-16-5-3-4-6-16/h16H,2-15H2,1H3. The Hall–Kier alpha value is -1.39. The van der Waals surface area contributed by atoms with Gasteiger partial charge in [0.15, 0.2) is 0 Å². The van der Waals surface area contributed by atoms with E-state index in [1.165, 1.54) is 26.4 Å². The lowest BCUT2D eigenvalue weighted by atomic mass is 10.0. The highest BCUT2D eigenvalue weighted by Crippen LogP contribution is 2.28. The highest BCUT2D eigenvalue weighted by Gasteiger charge is 2.36. The fourth-order valence-electron chi connectivity index (χ4n) is 4.24. The Kier molecular flexibility index (Phi) is 7.16. The molecule has 0 N–H and O–H groups in total. The second kappa shape index (κ2) is 9.41. The third kappa shape index (κ3) is 4.96. The van der Waals surface area contributed by atoms with Gasteiger partial charge in [0.1, 0.15) is 0 Å². The largest absolute Gasteiger partial charge is 0.450 e. The van der Waals surface area contributed by atoms with E-state index in [-0.39, 0.29) is 19.0 Å². The van der Waals surface area contributed by atoms with Gasteiger partial charge in [-0.25, -0.2) is 4.79 Å². The Morgan fingerprint density at radius 1 is 0.857 bits per heavy atom. The van der Waals surface area contributed by atoms with E-state index in [1.54, 1.807) is 6.92 Å². The minimum absolute atomic E-state index is 0.159. The quantitative estimate of drug-likeness (QED) is 0.659. The van der Waals surface area contributed by atoms with Gasteiger partial charge in [-0.3, -0.25) is 4.79 Å². The number of hydrogen-bond donors (Lipinski definition) is 0. The Labute approximate surface area is 167 Å². The first kappa shape index (κ1) is 21.3. The molecule has 0 unspecified atom stereocenters. The molecule has 0 aromatic rings. The molecule has 9 nitrogen and oxygen atoms in total. The van der Waals surface area contributed by atoms with E-state index in [4.69, 9.17) is 4.74 Å². The zero-order valence-corrected chi connectivity index (χ0v) is 17.5. The van der Waals surface area contributed by atoms with Gasteiger partial charge in [0.05, 0.1) is 6.61 Å². The summed E-state index contributed by atoms with van der Waals surface area (Å²) in [4.78, 5) is 27.6. The van der Waals surface area contributed by atoms with Gasteiger partial charge in [0, 0.05) is 58.8 Å². The molecule has 10 heteroatoms. The molecule has 1 saturated carbocycles. The van der Waals surface area contributed by atoms with Crippen LogP contribution in [0.2, 0.25) is 0 Å². The van der Waals surface area contributed by atoms with E-state index in [0.717, 1.165) is 12.8 Å². The number of hydrogen-bond acceptors (Lipinski definition) is 5. The molecule has 3 rings (SSSR count). The smallest absolute Gasteiger partial charge is 0.409 e. The average Bonchev–Trinajstić information content (AvgIpc) is 3.21. The van der Waals surface area contributed by atoms with Gasteiger partial charge in [-0.05, 0) is 25.7 Å². The van der Waals surface area contributed by atoms with Gasteiger partial charge in [-0.1, -0.05) is 12.8 Å². The maximum atomic E-state index is 12.9. The first-order valence-electron chi connectivity index (χ1n) is 10.4. The minimum Gasteiger partial charge on any atom is -0.450 e. The molecule has 0 atom stereocenters. The van der Waals surface area contributed by atoms with Crippen LogP contribution in [0.3, 0.4) is 0 Å². The van der Waals surface area contributed by atoms with Crippen molar-refractivity contribution < 1.29 is 22.7 Å². The van der Waals surface area contributed by atoms with Crippen LogP contribution in [0.5, 0.6) is 0 Å². The van der Waals surface area contributed by atoms with E-state index < -0.39 is 16.3 Å². The van der Waals surface area contributed by atoms with E-state index >= 15 is 0 Å². The summed E-state index contributed by atoms with van der Waals surface area (Å²) in [5, 5.41) is 0. The molecule has 1 aliphatic carbocycles. The van der Waals surface area contributed by atoms with Crippen LogP contribution in [-0.2, 0) is 19.7 Å². The number of nitrogens with zero attached hydrogens (tertiary/aromatic N) is 4. The predicted octanol–water partition coefficient (Wildman–Crippen LogP) is 0.730. The minimum atomic E-state index is -3.57. The lowest BCUT2D eigenvalue weighted by Crippen LogP contribution is -2.58. The van der Waals surface area contributed by atoms with Crippen molar-refractivity contribution in [3.05, 3.63) is 0 Å². The number of carbonyl (C=O) groups excluding carboxylic acids is 2. The lowest BCUT2D eigenvalue weighted by molar-refractivity contribution is -0.133. The average molecular weight is 417 g/mol. The Morgan fingerprint density at radius 2 is 1.36 bits per heavy atom. The van der Waals surface area contributed by atoms with E-state index in [2.05, 4.69) is 0 Å². The Bertz CT molecular complexity index is 649. The Morgan fingerprint density at radius 3 is 1.86 bits per heavy atom. The third-order valence-electron chi connectivity index (χ3n) is 5.95. The fraction of sp³-hybridized carbons (Fsp3) is 0.889. The molecule has 0 radical (unpaired) electrons. The maximum Gasteiger partial charge on any atom is 0.409 e. The fourth-order valence-corrected chi connectivity index (χ4v) is 5.81. The highest BCUT2D eigenvalue weighted by molar-refractivity contribution is 7.86. The topological polar surface area (TPSA) is 90.5 Å². The molecular formula is C18H32N4O5S. The van der Waals surface area contributed by atoms with Crippen molar-refractivity contribution in [1.29, 1.82) is 0 Å². The molecule has 2 heterocycles. The van der Waals surface area contributed by atoms with Gasteiger partial charge < -0.3 is 14.5 Å². The molecule has 0 bridgehead atoms. The number of piperazine rings is 2. The molecule has 3 fully saturated rings. The zero-order valence-electron chi connectivity index (χ0n) is 16.7. The maximum absolute atomic E-state index is 12.9. The molecule has 3 aliphatic rings. The van der Waals surface area contributed by atoms with Crippen LogP contribution in [0.25, 0.3) is 0 Å².